The number of rotatable bonds is 7. The molecule has 0 saturated carbocycles. The second-order valence-electron chi connectivity index (χ2n) is 7.11. The lowest BCUT2D eigenvalue weighted by atomic mass is 10.2. The minimum Gasteiger partial charge on any atom is -0.352 e. The molecular formula is C21H23Cl2N3O4S. The molecule has 0 radical (unpaired) electrons. The van der Waals surface area contributed by atoms with Crippen LogP contribution in [0.5, 0.6) is 0 Å². The monoisotopic (exact) mass is 483 g/mol. The van der Waals surface area contributed by atoms with Crippen LogP contribution in [0.1, 0.15) is 23.2 Å². The van der Waals surface area contributed by atoms with Gasteiger partial charge in [0.25, 0.3) is 5.91 Å². The van der Waals surface area contributed by atoms with Crippen LogP contribution in [0.3, 0.4) is 0 Å². The van der Waals surface area contributed by atoms with E-state index >= 15 is 0 Å². The third kappa shape index (κ3) is 6.20. The van der Waals surface area contributed by atoms with E-state index in [-0.39, 0.29) is 36.2 Å². The lowest BCUT2D eigenvalue weighted by Crippen LogP contribution is -2.50. The maximum Gasteiger partial charge on any atom is 0.251 e. The molecule has 1 saturated heterocycles. The third-order valence-electron chi connectivity index (χ3n) is 5.00. The van der Waals surface area contributed by atoms with E-state index in [1.54, 1.807) is 41.3 Å². The third-order valence-corrected chi connectivity index (χ3v) is 7.42. The van der Waals surface area contributed by atoms with Gasteiger partial charge in [0.2, 0.25) is 15.9 Å². The van der Waals surface area contributed by atoms with Gasteiger partial charge < -0.3 is 10.2 Å². The number of amides is 2. The number of benzene rings is 2. The fourth-order valence-corrected chi connectivity index (χ4v) is 4.91. The Labute approximate surface area is 192 Å². The van der Waals surface area contributed by atoms with Crippen LogP contribution in [-0.4, -0.2) is 62.2 Å². The van der Waals surface area contributed by atoms with Crippen LogP contribution < -0.4 is 5.32 Å². The van der Waals surface area contributed by atoms with Gasteiger partial charge in [0.1, 0.15) is 0 Å². The van der Waals surface area contributed by atoms with Crippen molar-refractivity contribution in [1.82, 2.24) is 14.5 Å². The summed E-state index contributed by atoms with van der Waals surface area (Å²) in [5.41, 5.74) is 0.508. The first-order chi connectivity index (χ1) is 14.8. The van der Waals surface area contributed by atoms with Crippen LogP contribution in [0.15, 0.2) is 53.4 Å². The minimum absolute atomic E-state index is 0.0516. The quantitative estimate of drug-likeness (QED) is 0.613. The molecule has 0 aromatic heterocycles. The molecule has 1 N–H and O–H groups in total. The summed E-state index contributed by atoms with van der Waals surface area (Å²) in [4.78, 5) is 26.3. The van der Waals surface area contributed by atoms with E-state index in [1.165, 1.54) is 16.4 Å². The van der Waals surface area contributed by atoms with Gasteiger partial charge >= 0.3 is 0 Å². The average Bonchev–Trinajstić information content (AvgIpc) is 2.77. The topological polar surface area (TPSA) is 86.8 Å². The van der Waals surface area contributed by atoms with Gasteiger partial charge in [0.15, 0.2) is 0 Å². The van der Waals surface area contributed by atoms with Crippen molar-refractivity contribution in [2.45, 2.75) is 17.7 Å². The summed E-state index contributed by atoms with van der Waals surface area (Å²) in [6.07, 6.45) is 0.784. The van der Waals surface area contributed by atoms with E-state index in [0.717, 1.165) is 0 Å². The first kappa shape index (κ1) is 23.5. The van der Waals surface area contributed by atoms with E-state index in [4.69, 9.17) is 23.2 Å². The molecular weight excluding hydrogens is 461 g/mol. The highest BCUT2D eigenvalue weighted by Crippen LogP contribution is 2.20. The van der Waals surface area contributed by atoms with Gasteiger partial charge in [-0.25, -0.2) is 8.42 Å². The summed E-state index contributed by atoms with van der Waals surface area (Å²) < 4.78 is 26.8. The number of sulfonamides is 1. The Morgan fingerprint density at radius 3 is 2.00 bits per heavy atom. The van der Waals surface area contributed by atoms with Gasteiger partial charge in [0, 0.05) is 54.8 Å². The standard InChI is InChI=1S/C21H23Cl2N3O4S/c22-17-5-3-16(4-6-17)21(28)24-11-1-2-20(27)25-12-14-26(15-13-25)31(29,30)19-9-7-18(23)8-10-19/h3-10H,1-2,11-15H2,(H,24,28). The lowest BCUT2D eigenvalue weighted by Gasteiger charge is -2.34. The average molecular weight is 484 g/mol. The summed E-state index contributed by atoms with van der Waals surface area (Å²) in [5.74, 6) is -0.269. The Kier molecular flexibility index (Phi) is 7.94. The molecule has 0 atom stereocenters. The largest absolute Gasteiger partial charge is 0.352 e. The number of carbonyl (C=O) groups is 2. The van der Waals surface area contributed by atoms with Crippen LogP contribution in [0.4, 0.5) is 0 Å². The zero-order valence-electron chi connectivity index (χ0n) is 16.8. The first-order valence-corrected chi connectivity index (χ1v) is 12.0. The van der Waals surface area contributed by atoms with Crippen LogP contribution in [0, 0.1) is 0 Å². The molecule has 0 unspecified atom stereocenters. The number of carbonyl (C=O) groups excluding carboxylic acids is 2. The highest BCUT2D eigenvalue weighted by Gasteiger charge is 2.29. The van der Waals surface area contributed by atoms with Crippen LogP contribution in [-0.2, 0) is 14.8 Å². The van der Waals surface area contributed by atoms with Crippen LogP contribution in [0.25, 0.3) is 0 Å². The molecule has 2 aromatic carbocycles. The Morgan fingerprint density at radius 2 is 1.42 bits per heavy atom. The van der Waals surface area contributed by atoms with Gasteiger partial charge in [-0.1, -0.05) is 23.2 Å². The highest BCUT2D eigenvalue weighted by molar-refractivity contribution is 7.89. The Morgan fingerprint density at radius 1 is 0.871 bits per heavy atom. The first-order valence-electron chi connectivity index (χ1n) is 9.84. The van der Waals surface area contributed by atoms with E-state index in [2.05, 4.69) is 5.32 Å². The molecule has 1 aliphatic rings. The Hall–Kier alpha value is -2.13. The number of nitrogens with zero attached hydrogens (tertiary/aromatic N) is 2. The number of hydrogen-bond acceptors (Lipinski definition) is 4. The van der Waals surface area contributed by atoms with Gasteiger partial charge in [-0.05, 0) is 55.0 Å². The normalized spacial score (nSPS) is 15.0. The predicted molar refractivity (Wildman–Crippen MR) is 120 cm³/mol. The van der Waals surface area contributed by atoms with Crippen molar-refractivity contribution in [2.75, 3.05) is 32.7 Å². The van der Waals surface area contributed by atoms with E-state index < -0.39 is 10.0 Å². The molecule has 7 nitrogen and oxygen atoms in total. The maximum atomic E-state index is 12.7. The Bertz CT molecular complexity index is 1020. The van der Waals surface area contributed by atoms with Crippen molar-refractivity contribution in [1.29, 1.82) is 0 Å². The molecule has 2 aromatic rings. The summed E-state index contributed by atoms with van der Waals surface area (Å²) in [7, 11) is -3.61. The molecule has 0 bridgehead atoms. The van der Waals surface area contributed by atoms with Crippen LogP contribution >= 0.6 is 23.2 Å². The predicted octanol–water partition coefficient (Wildman–Crippen LogP) is 3.04. The molecule has 1 fully saturated rings. The van der Waals surface area contributed by atoms with E-state index in [9.17, 15) is 18.0 Å². The summed E-state index contributed by atoms with van der Waals surface area (Å²) in [6.45, 7) is 1.53. The summed E-state index contributed by atoms with van der Waals surface area (Å²) in [6, 6.07) is 12.6. The molecule has 0 aliphatic carbocycles. The zero-order chi connectivity index (χ0) is 22.4. The lowest BCUT2D eigenvalue weighted by molar-refractivity contribution is -0.132. The summed E-state index contributed by atoms with van der Waals surface area (Å²) in [5, 5.41) is 3.81. The molecule has 1 aliphatic heterocycles. The van der Waals surface area contributed by atoms with Gasteiger partial charge in [-0.3, -0.25) is 9.59 Å². The smallest absolute Gasteiger partial charge is 0.251 e. The van der Waals surface area contributed by atoms with Crippen molar-refractivity contribution < 1.29 is 18.0 Å². The van der Waals surface area contributed by atoms with Crippen molar-refractivity contribution in [3.63, 3.8) is 0 Å². The fraction of sp³-hybridized carbons (Fsp3) is 0.333. The molecule has 166 valence electrons. The number of piperazine rings is 1. The maximum absolute atomic E-state index is 12.7. The molecule has 2 amide bonds. The van der Waals surface area contributed by atoms with Crippen molar-refractivity contribution in [3.05, 3.63) is 64.1 Å². The molecule has 31 heavy (non-hydrogen) atoms. The van der Waals surface area contributed by atoms with E-state index in [0.29, 0.717) is 41.7 Å². The fourth-order valence-electron chi connectivity index (χ4n) is 3.24. The van der Waals surface area contributed by atoms with Crippen molar-refractivity contribution >= 4 is 45.0 Å². The van der Waals surface area contributed by atoms with Gasteiger partial charge in [-0.2, -0.15) is 4.31 Å². The molecule has 10 heteroatoms. The number of nitrogens with one attached hydrogen (secondary N) is 1. The second kappa shape index (κ2) is 10.5. The SMILES string of the molecule is O=C(NCCCC(=O)N1CCN(S(=O)(=O)c2ccc(Cl)cc2)CC1)c1ccc(Cl)cc1. The van der Waals surface area contributed by atoms with Crippen molar-refractivity contribution in [3.8, 4) is 0 Å². The highest BCUT2D eigenvalue weighted by atomic mass is 35.5. The van der Waals surface area contributed by atoms with Gasteiger partial charge in [0.05, 0.1) is 4.90 Å². The van der Waals surface area contributed by atoms with Crippen molar-refractivity contribution in [2.24, 2.45) is 0 Å². The second-order valence-corrected chi connectivity index (χ2v) is 9.92. The zero-order valence-corrected chi connectivity index (χ0v) is 19.1. The molecule has 3 rings (SSSR count). The van der Waals surface area contributed by atoms with E-state index in [1.807, 2.05) is 0 Å². The molecule has 0 spiro atoms. The van der Waals surface area contributed by atoms with Gasteiger partial charge in [-0.15, -0.1) is 0 Å². The van der Waals surface area contributed by atoms with Crippen LogP contribution in [0.2, 0.25) is 10.0 Å². The number of halogens is 2. The molecule has 1 heterocycles. The Balaban J connectivity index is 1.41. The number of hydrogen-bond donors (Lipinski definition) is 1. The minimum atomic E-state index is -3.61. The summed E-state index contributed by atoms with van der Waals surface area (Å²) >= 11 is 11.6.